The lowest BCUT2D eigenvalue weighted by Gasteiger charge is -2.27. The quantitative estimate of drug-likeness (QED) is 0.0342. The van der Waals surface area contributed by atoms with Crippen LogP contribution in [-0.2, 0) is 33.6 Å². The van der Waals surface area contributed by atoms with Crippen molar-refractivity contribution >= 4 is 47.4 Å². The highest BCUT2D eigenvalue weighted by Crippen LogP contribution is 2.07. The van der Waals surface area contributed by atoms with E-state index in [1.165, 1.54) is 13.8 Å². The predicted octanol–water partition coefficient (Wildman–Crippen LogP) is -5.17. The van der Waals surface area contributed by atoms with Crippen LogP contribution in [0.2, 0.25) is 0 Å². The smallest absolute Gasteiger partial charge is 0.328 e. The zero-order valence-electron chi connectivity index (χ0n) is 25.3. The second-order valence-electron chi connectivity index (χ2n) is 10.4. The summed E-state index contributed by atoms with van der Waals surface area (Å²) in [5.74, 6) is -6.90. The second-order valence-corrected chi connectivity index (χ2v) is 10.4. The SMILES string of the molecule is CC(N)C(=O)NC(CCC(N)=O)C(=O)NC(C)C(=O)NC(C(=O)NC(CCCN=C(N)N)C(=O)NC(CO)C(=O)O)C(C)C. The molecule has 0 fully saturated rings. The summed E-state index contributed by atoms with van der Waals surface area (Å²) >= 11 is 0. The predicted molar refractivity (Wildman–Crippen MR) is 157 cm³/mol. The molecule has 0 aromatic rings. The van der Waals surface area contributed by atoms with Gasteiger partial charge in [-0.25, -0.2) is 4.79 Å². The van der Waals surface area contributed by atoms with Gasteiger partial charge in [-0.1, -0.05) is 13.8 Å². The molecule has 19 heteroatoms. The molecule has 6 atom stereocenters. The topological polar surface area (TPSA) is 337 Å². The number of carbonyl (C=O) groups excluding carboxylic acids is 6. The van der Waals surface area contributed by atoms with Crippen molar-refractivity contribution < 1.29 is 43.8 Å². The molecule has 19 nitrogen and oxygen atoms in total. The first kappa shape index (κ1) is 39.5. The summed E-state index contributed by atoms with van der Waals surface area (Å²) in [5, 5.41) is 30.3. The Morgan fingerprint density at radius 1 is 0.705 bits per heavy atom. The zero-order valence-corrected chi connectivity index (χ0v) is 25.3. The molecule has 0 rings (SSSR count). The van der Waals surface area contributed by atoms with Crippen LogP contribution >= 0.6 is 0 Å². The van der Waals surface area contributed by atoms with Gasteiger partial charge in [0.2, 0.25) is 35.4 Å². The highest BCUT2D eigenvalue weighted by molar-refractivity contribution is 5.96. The first-order valence-corrected chi connectivity index (χ1v) is 13.9. The third-order valence-corrected chi connectivity index (χ3v) is 6.10. The fraction of sp³-hybridized carbons (Fsp3) is 0.680. The number of aliphatic carboxylic acids is 1. The number of carboxylic acids is 1. The van der Waals surface area contributed by atoms with E-state index in [9.17, 15) is 38.7 Å². The van der Waals surface area contributed by atoms with Gasteiger partial charge >= 0.3 is 5.97 Å². The van der Waals surface area contributed by atoms with Crippen molar-refractivity contribution in [2.75, 3.05) is 13.2 Å². The lowest BCUT2D eigenvalue weighted by atomic mass is 10.0. The number of nitrogens with zero attached hydrogens (tertiary/aromatic N) is 1. The first-order valence-electron chi connectivity index (χ1n) is 13.9. The number of amides is 6. The average molecular weight is 631 g/mol. The molecule has 0 saturated heterocycles. The number of aliphatic hydroxyl groups is 1. The molecule has 0 aliphatic rings. The number of guanidine groups is 1. The minimum Gasteiger partial charge on any atom is -0.480 e. The summed E-state index contributed by atoms with van der Waals surface area (Å²) in [4.78, 5) is 90.1. The normalized spacial score (nSPS) is 14.9. The molecule has 0 aliphatic carbocycles. The summed E-state index contributed by atoms with van der Waals surface area (Å²) in [7, 11) is 0. The number of rotatable bonds is 20. The maximum absolute atomic E-state index is 13.2. The highest BCUT2D eigenvalue weighted by atomic mass is 16.4. The number of hydrogen-bond acceptors (Lipinski definition) is 10. The number of aliphatic hydroxyl groups excluding tert-OH is 1. The minimum absolute atomic E-state index is 0.0306. The molecular formula is C25H46N10O9. The molecule has 0 radical (unpaired) electrons. The third kappa shape index (κ3) is 15.1. The fourth-order valence-electron chi connectivity index (χ4n) is 3.54. The number of aliphatic imine (C=N–C) groups is 1. The van der Waals surface area contributed by atoms with Crippen LogP contribution in [0.15, 0.2) is 4.99 Å². The largest absolute Gasteiger partial charge is 0.480 e. The van der Waals surface area contributed by atoms with Crippen LogP contribution in [0.5, 0.6) is 0 Å². The first-order chi connectivity index (χ1) is 20.4. The summed E-state index contributed by atoms with van der Waals surface area (Å²) in [6.45, 7) is 5.12. The van der Waals surface area contributed by atoms with Gasteiger partial charge in [-0.05, 0) is 39.0 Å². The van der Waals surface area contributed by atoms with Gasteiger partial charge in [0.05, 0.1) is 12.6 Å². The second kappa shape index (κ2) is 19.6. The Kier molecular flexibility index (Phi) is 17.6. The Bertz CT molecular complexity index is 1060. The number of carboxylic acid groups (broad SMARTS) is 1. The number of hydrogen-bond donors (Lipinski definition) is 11. The van der Waals surface area contributed by atoms with Gasteiger partial charge in [-0.3, -0.25) is 33.8 Å². The third-order valence-electron chi connectivity index (χ3n) is 6.10. The maximum atomic E-state index is 13.2. The lowest BCUT2D eigenvalue weighted by Crippen LogP contribution is -2.60. The molecule has 6 unspecified atom stereocenters. The van der Waals surface area contributed by atoms with Crippen molar-refractivity contribution in [3.63, 3.8) is 0 Å². The standard InChI is InChI=1S/C25H46N10O9/c1-11(2)18(23(42)33-14(6-5-9-30-25(28)29)22(41)34-16(10-36)24(43)44)35-20(39)13(4)31-21(40)15(7-8-17(27)37)32-19(38)12(3)26/h11-16,18,36H,5-10,26H2,1-4H3,(H2,27,37)(H,31,40)(H,32,38)(H,33,42)(H,34,41)(H,35,39)(H,43,44)(H4,28,29,30). The highest BCUT2D eigenvalue weighted by Gasteiger charge is 2.32. The molecule has 0 spiro atoms. The Morgan fingerprint density at radius 3 is 1.70 bits per heavy atom. The van der Waals surface area contributed by atoms with E-state index in [1.807, 2.05) is 0 Å². The Balaban J connectivity index is 5.68. The molecule has 0 heterocycles. The van der Waals surface area contributed by atoms with Gasteiger partial charge in [0.25, 0.3) is 0 Å². The van der Waals surface area contributed by atoms with E-state index in [2.05, 4.69) is 31.6 Å². The molecule has 44 heavy (non-hydrogen) atoms. The minimum atomic E-state index is -1.63. The van der Waals surface area contributed by atoms with Crippen molar-refractivity contribution in [3.05, 3.63) is 0 Å². The van der Waals surface area contributed by atoms with Crippen molar-refractivity contribution in [1.82, 2.24) is 26.6 Å². The van der Waals surface area contributed by atoms with Gasteiger partial charge in [0.1, 0.15) is 30.2 Å². The Labute approximate surface area is 254 Å². The molecular weight excluding hydrogens is 584 g/mol. The summed E-state index contributed by atoms with van der Waals surface area (Å²) in [6.07, 6.45) is -0.223. The van der Waals surface area contributed by atoms with Gasteiger partial charge in [-0.2, -0.15) is 0 Å². The summed E-state index contributed by atoms with van der Waals surface area (Å²) < 4.78 is 0. The fourth-order valence-corrected chi connectivity index (χ4v) is 3.54. The molecule has 6 amide bonds. The van der Waals surface area contributed by atoms with Crippen LogP contribution < -0.4 is 49.5 Å². The van der Waals surface area contributed by atoms with E-state index in [1.54, 1.807) is 13.8 Å². The zero-order chi connectivity index (χ0) is 34.1. The molecule has 250 valence electrons. The van der Waals surface area contributed by atoms with E-state index in [4.69, 9.17) is 28.0 Å². The van der Waals surface area contributed by atoms with E-state index >= 15 is 0 Å². The molecule has 0 aliphatic heterocycles. The number of primary amides is 1. The summed E-state index contributed by atoms with van der Waals surface area (Å²) in [6, 6.07) is -7.55. The van der Waals surface area contributed by atoms with Gasteiger partial charge in [0.15, 0.2) is 5.96 Å². The molecule has 0 saturated carbocycles. The average Bonchev–Trinajstić information content (AvgIpc) is 2.92. The lowest BCUT2D eigenvalue weighted by molar-refractivity contribution is -0.143. The monoisotopic (exact) mass is 630 g/mol. The van der Waals surface area contributed by atoms with Crippen molar-refractivity contribution in [2.45, 2.75) is 89.6 Å². The van der Waals surface area contributed by atoms with Crippen LogP contribution in [0.25, 0.3) is 0 Å². The van der Waals surface area contributed by atoms with Gasteiger partial charge in [-0.15, -0.1) is 0 Å². The number of nitrogens with one attached hydrogen (secondary N) is 5. The van der Waals surface area contributed by atoms with Crippen molar-refractivity contribution in [2.24, 2.45) is 33.8 Å². The Morgan fingerprint density at radius 2 is 1.23 bits per heavy atom. The van der Waals surface area contributed by atoms with Crippen LogP contribution in [-0.4, -0.2) is 107 Å². The molecule has 0 bridgehead atoms. The molecule has 15 N–H and O–H groups in total. The van der Waals surface area contributed by atoms with E-state index in [-0.39, 0.29) is 38.2 Å². The van der Waals surface area contributed by atoms with Crippen molar-refractivity contribution in [3.8, 4) is 0 Å². The van der Waals surface area contributed by atoms with Gasteiger partial charge in [0, 0.05) is 13.0 Å². The molecule has 0 aromatic heterocycles. The molecule has 0 aromatic carbocycles. The number of nitrogens with two attached hydrogens (primary N) is 4. The summed E-state index contributed by atoms with van der Waals surface area (Å²) in [5.41, 5.74) is 21.3. The van der Waals surface area contributed by atoms with Crippen LogP contribution in [0.4, 0.5) is 0 Å². The number of carbonyl (C=O) groups is 7. The maximum Gasteiger partial charge on any atom is 0.328 e. The van der Waals surface area contributed by atoms with E-state index in [0.717, 1.165) is 0 Å². The Hall–Kier alpha value is -4.52. The van der Waals surface area contributed by atoms with E-state index in [0.29, 0.717) is 0 Å². The van der Waals surface area contributed by atoms with Crippen LogP contribution in [0.1, 0.15) is 53.4 Å². The van der Waals surface area contributed by atoms with Crippen LogP contribution in [0.3, 0.4) is 0 Å². The van der Waals surface area contributed by atoms with Crippen molar-refractivity contribution in [1.29, 1.82) is 0 Å². The van der Waals surface area contributed by atoms with Gasteiger partial charge < -0.3 is 59.7 Å². The van der Waals surface area contributed by atoms with Crippen LogP contribution in [0, 0.1) is 5.92 Å². The van der Waals surface area contributed by atoms with E-state index < -0.39 is 90.2 Å².